The molecule has 0 saturated carbocycles. The van der Waals surface area contributed by atoms with Crippen LogP contribution in [0.5, 0.6) is 0 Å². The van der Waals surface area contributed by atoms with Crippen molar-refractivity contribution in [3.05, 3.63) is 42.0 Å². The molecule has 0 aliphatic heterocycles. The maximum Gasteiger partial charge on any atom is 0.397 e. The van der Waals surface area contributed by atoms with Gasteiger partial charge in [-0.15, -0.1) is 5.11 Å². The van der Waals surface area contributed by atoms with Gasteiger partial charge in [-0.05, 0) is 48.9 Å². The zero-order valence-electron chi connectivity index (χ0n) is 15.3. The highest BCUT2D eigenvalue weighted by molar-refractivity contribution is 7.91. The third kappa shape index (κ3) is 6.54. The number of aryl methyl sites for hydroxylation is 1. The minimum Gasteiger partial charge on any atom is -0.397 e. The Labute approximate surface area is 173 Å². The molecule has 0 bridgehead atoms. The topological polar surface area (TPSA) is 203 Å². The molecule has 4 N–H and O–H groups in total. The van der Waals surface area contributed by atoms with Crippen LogP contribution in [-0.4, -0.2) is 46.7 Å². The Balaban J connectivity index is 2.21. The van der Waals surface area contributed by atoms with Crippen molar-refractivity contribution in [1.82, 2.24) is 0 Å². The van der Waals surface area contributed by atoms with Crippen molar-refractivity contribution in [3.63, 3.8) is 0 Å². The van der Waals surface area contributed by atoms with Crippen LogP contribution in [0, 0.1) is 6.92 Å². The zero-order valence-corrected chi connectivity index (χ0v) is 17.8. The molecule has 0 unspecified atom stereocenters. The second kappa shape index (κ2) is 8.75. The first kappa shape index (κ1) is 23.8. The summed E-state index contributed by atoms with van der Waals surface area (Å²) in [5.74, 6) is -0.689. The Morgan fingerprint density at radius 2 is 1.57 bits per heavy atom. The molecule has 2 aromatic rings. The van der Waals surface area contributed by atoms with Crippen molar-refractivity contribution in [2.75, 3.05) is 18.1 Å². The van der Waals surface area contributed by atoms with Gasteiger partial charge in [-0.3, -0.25) is 9.11 Å². The summed E-state index contributed by atoms with van der Waals surface area (Å²) in [6.45, 7) is 0.686. The van der Waals surface area contributed by atoms with Gasteiger partial charge in [0.25, 0.3) is 10.1 Å². The van der Waals surface area contributed by atoms with Crippen LogP contribution in [0.15, 0.2) is 56.4 Å². The van der Waals surface area contributed by atoms with E-state index in [4.69, 9.17) is 10.3 Å². The van der Waals surface area contributed by atoms with Crippen LogP contribution in [0.3, 0.4) is 0 Å². The second-order valence-corrected chi connectivity index (χ2v) is 10.5. The van der Waals surface area contributed by atoms with E-state index < -0.39 is 42.7 Å². The highest BCUT2D eigenvalue weighted by atomic mass is 32.3. The number of nitrogen functional groups attached to an aromatic ring is 1. The van der Waals surface area contributed by atoms with Crippen LogP contribution < -0.4 is 5.73 Å². The molecular weight excluding hydrogens is 462 g/mol. The summed E-state index contributed by atoms with van der Waals surface area (Å²) in [5, 5.41) is 7.66. The lowest BCUT2D eigenvalue weighted by molar-refractivity contribution is 0.284. The molecule has 164 valence electrons. The maximum atomic E-state index is 12.1. The van der Waals surface area contributed by atoms with E-state index in [0.717, 1.165) is 6.07 Å². The predicted molar refractivity (Wildman–Crippen MR) is 106 cm³/mol. The van der Waals surface area contributed by atoms with Crippen molar-refractivity contribution >= 4 is 47.4 Å². The Morgan fingerprint density at radius 1 is 0.967 bits per heavy atom. The van der Waals surface area contributed by atoms with E-state index in [1.807, 2.05) is 0 Å². The van der Waals surface area contributed by atoms with Crippen molar-refractivity contribution in [1.29, 1.82) is 0 Å². The molecule has 0 amide bonds. The standard InChI is InChI=1S/C15H17N3O9S3/c1-10-8-13(16)14(9-15(10)29(21,22)23)18-17-11-2-4-12(5-3-11)28(19,20)7-6-27-30(24,25)26/h2-5,8-9H,6-7,16H2,1H3,(H,21,22,23)(H,24,25,26). The van der Waals surface area contributed by atoms with Crippen LogP contribution in [-0.2, 0) is 34.5 Å². The highest BCUT2D eigenvalue weighted by Gasteiger charge is 2.17. The summed E-state index contributed by atoms with van der Waals surface area (Å²) >= 11 is 0. The summed E-state index contributed by atoms with van der Waals surface area (Å²) in [7, 11) is -13.1. The van der Waals surface area contributed by atoms with E-state index >= 15 is 0 Å². The summed E-state index contributed by atoms with van der Waals surface area (Å²) in [6, 6.07) is 7.35. The molecule has 12 nitrogen and oxygen atoms in total. The highest BCUT2D eigenvalue weighted by Crippen LogP contribution is 2.30. The molecule has 0 saturated heterocycles. The van der Waals surface area contributed by atoms with Crippen LogP contribution in [0.1, 0.15) is 5.56 Å². The summed E-state index contributed by atoms with van der Waals surface area (Å²) in [6.07, 6.45) is 0. The second-order valence-electron chi connectivity index (χ2n) is 5.91. The van der Waals surface area contributed by atoms with Crippen LogP contribution in [0.4, 0.5) is 17.1 Å². The smallest absolute Gasteiger partial charge is 0.397 e. The van der Waals surface area contributed by atoms with Crippen molar-refractivity contribution in [2.45, 2.75) is 16.7 Å². The average molecular weight is 480 g/mol. The van der Waals surface area contributed by atoms with Gasteiger partial charge in [-0.1, -0.05) is 0 Å². The normalized spacial score (nSPS) is 13.0. The SMILES string of the molecule is Cc1cc(N)c(N=Nc2ccc(S(=O)(=O)CCOS(=O)(=O)O)cc2)cc1S(=O)(=O)O. The molecule has 30 heavy (non-hydrogen) atoms. The lowest BCUT2D eigenvalue weighted by Crippen LogP contribution is -2.15. The third-order valence-electron chi connectivity index (χ3n) is 3.66. The molecule has 0 aromatic heterocycles. The fourth-order valence-electron chi connectivity index (χ4n) is 2.26. The fraction of sp³-hybridized carbons (Fsp3) is 0.200. The molecule has 2 rings (SSSR count). The fourth-order valence-corrected chi connectivity index (χ4v) is 4.48. The Hall–Kier alpha value is -2.43. The minimum atomic E-state index is -4.74. The van der Waals surface area contributed by atoms with Gasteiger partial charge in [0.15, 0.2) is 9.84 Å². The maximum absolute atomic E-state index is 12.1. The number of nitrogens with zero attached hydrogens (tertiary/aromatic N) is 2. The van der Waals surface area contributed by atoms with Gasteiger partial charge < -0.3 is 5.73 Å². The van der Waals surface area contributed by atoms with Crippen LogP contribution >= 0.6 is 0 Å². The molecular formula is C15H17N3O9S3. The van der Waals surface area contributed by atoms with Crippen molar-refractivity contribution in [2.24, 2.45) is 10.2 Å². The quantitative estimate of drug-likeness (QED) is 0.284. The van der Waals surface area contributed by atoms with E-state index in [1.54, 1.807) is 0 Å². The summed E-state index contributed by atoms with van der Waals surface area (Å²) in [5.41, 5.74) is 6.29. The molecule has 0 heterocycles. The molecule has 0 aliphatic rings. The number of azo groups is 1. The van der Waals surface area contributed by atoms with E-state index in [-0.39, 0.29) is 32.4 Å². The van der Waals surface area contributed by atoms with Crippen LogP contribution in [0.2, 0.25) is 0 Å². The Bertz CT molecular complexity index is 1280. The number of hydrogen-bond donors (Lipinski definition) is 3. The summed E-state index contributed by atoms with van der Waals surface area (Å²) < 4.78 is 89.6. The Kier molecular flexibility index (Phi) is 6.95. The van der Waals surface area contributed by atoms with E-state index in [0.29, 0.717) is 0 Å². The number of sulfone groups is 1. The summed E-state index contributed by atoms with van der Waals surface area (Å²) in [4.78, 5) is -0.525. The number of rotatable bonds is 8. The van der Waals surface area contributed by atoms with Crippen molar-refractivity contribution in [3.8, 4) is 0 Å². The number of anilines is 1. The van der Waals surface area contributed by atoms with Crippen LogP contribution in [0.25, 0.3) is 0 Å². The number of hydrogen-bond acceptors (Lipinski definition) is 10. The third-order valence-corrected chi connectivity index (χ3v) is 6.81. The van der Waals surface area contributed by atoms with Gasteiger partial charge in [-0.25, -0.2) is 12.6 Å². The zero-order chi connectivity index (χ0) is 22.7. The predicted octanol–water partition coefficient (Wildman–Crippen LogP) is 1.83. The minimum absolute atomic E-state index is 0.0210. The average Bonchev–Trinajstić information content (AvgIpc) is 2.59. The monoisotopic (exact) mass is 479 g/mol. The van der Waals surface area contributed by atoms with Gasteiger partial charge in [0, 0.05) is 0 Å². The van der Waals surface area contributed by atoms with E-state index in [9.17, 15) is 29.8 Å². The lowest BCUT2D eigenvalue weighted by Gasteiger charge is -2.06. The molecule has 0 spiro atoms. The van der Waals surface area contributed by atoms with Gasteiger partial charge >= 0.3 is 10.4 Å². The molecule has 0 fully saturated rings. The van der Waals surface area contributed by atoms with Gasteiger partial charge in [0.05, 0.1) is 33.5 Å². The lowest BCUT2D eigenvalue weighted by atomic mass is 10.2. The first-order valence-corrected chi connectivity index (χ1v) is 12.4. The molecule has 2 aromatic carbocycles. The van der Waals surface area contributed by atoms with Gasteiger partial charge in [-0.2, -0.15) is 21.9 Å². The molecule has 0 aliphatic carbocycles. The first-order valence-electron chi connectivity index (χ1n) is 7.93. The largest absolute Gasteiger partial charge is 0.397 e. The number of benzene rings is 2. The van der Waals surface area contributed by atoms with Crippen molar-refractivity contribution < 1.29 is 38.5 Å². The van der Waals surface area contributed by atoms with E-state index in [2.05, 4.69) is 14.4 Å². The molecule has 0 radical (unpaired) electrons. The molecule has 0 atom stereocenters. The molecule has 15 heteroatoms. The Morgan fingerprint density at radius 3 is 2.10 bits per heavy atom. The van der Waals surface area contributed by atoms with E-state index in [1.165, 1.54) is 37.3 Å². The van der Waals surface area contributed by atoms with Gasteiger partial charge in [0.2, 0.25) is 0 Å². The number of nitrogens with two attached hydrogens (primary N) is 1. The first-order chi connectivity index (χ1) is 13.7. The van der Waals surface area contributed by atoms with Gasteiger partial charge in [0.1, 0.15) is 5.69 Å².